The number of ether oxygens (including phenoxy) is 3. The zero-order chi connectivity index (χ0) is 43.3. The molecule has 14 nitrogen and oxygen atoms in total. The van der Waals surface area contributed by atoms with Crippen molar-refractivity contribution in [1.82, 2.24) is 20.1 Å². The zero-order valence-electron chi connectivity index (χ0n) is 34.7. The molecular weight excluding hydrogens is 791 g/mol. The molecule has 1 aromatic heterocycles. The van der Waals surface area contributed by atoms with E-state index in [1.165, 1.54) is 4.90 Å². The Balaban J connectivity index is 1.15. The second kappa shape index (κ2) is 21.3. The predicted molar refractivity (Wildman–Crippen MR) is 230 cm³/mol. The Morgan fingerprint density at radius 1 is 0.806 bits per heavy atom. The summed E-state index contributed by atoms with van der Waals surface area (Å²) in [5, 5.41) is 2.74. The van der Waals surface area contributed by atoms with Gasteiger partial charge in [0.15, 0.2) is 11.4 Å². The van der Waals surface area contributed by atoms with Crippen molar-refractivity contribution in [3.63, 3.8) is 0 Å². The highest BCUT2D eigenvalue weighted by Gasteiger charge is 2.45. The molecule has 3 N–H and O–H groups in total. The topological polar surface area (TPSA) is 184 Å². The van der Waals surface area contributed by atoms with Crippen molar-refractivity contribution in [3.8, 4) is 5.75 Å². The fourth-order valence-corrected chi connectivity index (χ4v) is 7.95. The number of Topliss-reactive ketones (excluding diaryl/α,β-unsaturated/α-hetero) is 2. The molecule has 0 radical (unpaired) electrons. The van der Waals surface area contributed by atoms with E-state index in [0.717, 1.165) is 30.4 Å². The molecule has 7 rings (SSSR count). The zero-order valence-corrected chi connectivity index (χ0v) is 34.7. The minimum atomic E-state index is -1.31. The summed E-state index contributed by atoms with van der Waals surface area (Å²) < 4.78 is 23.4. The first-order valence-electron chi connectivity index (χ1n) is 21.4. The lowest BCUT2D eigenvalue weighted by Crippen LogP contribution is -2.48. The number of oxazole rings is 1. The van der Waals surface area contributed by atoms with Crippen molar-refractivity contribution in [3.05, 3.63) is 132 Å². The summed E-state index contributed by atoms with van der Waals surface area (Å²) in [6, 6.07) is 30.2. The van der Waals surface area contributed by atoms with Crippen LogP contribution in [0.3, 0.4) is 0 Å². The molecule has 2 fully saturated rings. The van der Waals surface area contributed by atoms with Gasteiger partial charge in [-0.2, -0.15) is 0 Å². The van der Waals surface area contributed by atoms with Gasteiger partial charge in [0, 0.05) is 31.8 Å². The SMILES string of the molecule is NCCCC[C@H](CC(=O)[C@@H]1C[C@@H](OC(=O)N2CCCCC2)CN1C(=O)[C@H](NC(=O)OCc1ccccc1)c1ccc(OCc2ccccc2)cc1)C(=O)c1nc2ccccc2o1. The van der Waals surface area contributed by atoms with Crippen LogP contribution in [0.1, 0.15) is 84.8 Å². The highest BCUT2D eigenvalue weighted by Crippen LogP contribution is 2.31. The molecule has 62 heavy (non-hydrogen) atoms. The van der Waals surface area contributed by atoms with Crippen LogP contribution in [-0.4, -0.2) is 82.8 Å². The maximum atomic E-state index is 15.0. The Labute approximate surface area is 360 Å². The molecule has 2 saturated heterocycles. The molecule has 2 aliphatic rings. The number of amides is 3. The van der Waals surface area contributed by atoms with Gasteiger partial charge in [0.25, 0.3) is 11.8 Å². The molecule has 0 aliphatic carbocycles. The maximum Gasteiger partial charge on any atom is 0.410 e. The standard InChI is InChI=1S/C48H53N5O9/c49-25-11-10-18-36(44(55)45-50-39-19-8-9-20-42(39)62-45)28-41(54)40-29-38(61-48(58)52-26-12-3-13-27-52)30-53(40)46(56)43(51-47(57)60-32-34-16-6-2-7-17-34)35-21-23-37(24-22-35)59-31-33-14-4-1-5-15-33/h1-2,4-9,14-17,19-24,36,38,40,43H,3,10-13,18,25-32,49H2,(H,51,57)/t36-,38-,40+,43-/m1/s1. The second-order valence-corrected chi connectivity index (χ2v) is 15.8. The van der Waals surface area contributed by atoms with Crippen LogP contribution < -0.4 is 15.8 Å². The number of benzene rings is 4. The summed E-state index contributed by atoms with van der Waals surface area (Å²) in [6.07, 6.45) is 1.87. The first kappa shape index (κ1) is 43.5. The van der Waals surface area contributed by atoms with Gasteiger partial charge in [-0.05, 0) is 79.6 Å². The quantitative estimate of drug-likeness (QED) is 0.0656. The average Bonchev–Trinajstić information content (AvgIpc) is 3.95. The number of nitrogens with two attached hydrogens (primary N) is 1. The highest BCUT2D eigenvalue weighted by molar-refractivity contribution is 6.00. The Hall–Kier alpha value is -6.54. The average molecular weight is 844 g/mol. The number of aromatic nitrogens is 1. The van der Waals surface area contributed by atoms with E-state index in [4.69, 9.17) is 24.4 Å². The number of nitrogens with one attached hydrogen (secondary N) is 1. The third-order valence-electron chi connectivity index (χ3n) is 11.3. The summed E-state index contributed by atoms with van der Waals surface area (Å²) in [7, 11) is 0. The number of nitrogens with zero attached hydrogens (tertiary/aromatic N) is 3. The van der Waals surface area contributed by atoms with Crippen molar-refractivity contribution in [2.24, 2.45) is 11.7 Å². The van der Waals surface area contributed by atoms with Gasteiger partial charge >= 0.3 is 12.2 Å². The van der Waals surface area contributed by atoms with Crippen LogP contribution in [0, 0.1) is 5.92 Å². The molecule has 4 atom stereocenters. The largest absolute Gasteiger partial charge is 0.489 e. The molecule has 0 saturated carbocycles. The Bertz CT molecular complexity index is 2250. The van der Waals surface area contributed by atoms with Crippen molar-refractivity contribution in [2.75, 3.05) is 26.2 Å². The van der Waals surface area contributed by atoms with Gasteiger partial charge in [0.2, 0.25) is 5.78 Å². The molecule has 0 bridgehead atoms. The summed E-state index contributed by atoms with van der Waals surface area (Å²) >= 11 is 0. The van der Waals surface area contributed by atoms with Crippen molar-refractivity contribution >= 4 is 40.8 Å². The van der Waals surface area contributed by atoms with Gasteiger partial charge in [-0.3, -0.25) is 14.4 Å². The molecule has 4 aromatic carbocycles. The van der Waals surface area contributed by atoms with Crippen LogP contribution in [0.4, 0.5) is 9.59 Å². The number of rotatable bonds is 18. The van der Waals surface area contributed by atoms with E-state index in [0.29, 0.717) is 67.9 Å². The molecule has 5 aromatic rings. The monoisotopic (exact) mass is 843 g/mol. The lowest BCUT2D eigenvalue weighted by molar-refractivity contribution is -0.139. The third kappa shape index (κ3) is 11.4. The lowest BCUT2D eigenvalue weighted by Gasteiger charge is -2.29. The van der Waals surface area contributed by atoms with Gasteiger partial charge < -0.3 is 39.5 Å². The molecule has 3 amide bonds. The number of hydrogen-bond acceptors (Lipinski definition) is 11. The van der Waals surface area contributed by atoms with Gasteiger partial charge in [-0.25, -0.2) is 14.6 Å². The van der Waals surface area contributed by atoms with E-state index < -0.39 is 53.8 Å². The van der Waals surface area contributed by atoms with E-state index in [9.17, 15) is 24.0 Å². The van der Waals surface area contributed by atoms with Crippen molar-refractivity contribution in [2.45, 2.75) is 82.8 Å². The van der Waals surface area contributed by atoms with E-state index in [1.807, 2.05) is 60.7 Å². The van der Waals surface area contributed by atoms with Gasteiger partial charge in [0.05, 0.1) is 12.6 Å². The number of alkyl carbamates (subject to hydrolysis) is 1. The summed E-state index contributed by atoms with van der Waals surface area (Å²) in [6.45, 7) is 1.70. The molecule has 2 aliphatic heterocycles. The maximum absolute atomic E-state index is 15.0. The normalized spacial score (nSPS) is 17.2. The van der Waals surface area contributed by atoms with Crippen LogP contribution in [0.15, 0.2) is 114 Å². The second-order valence-electron chi connectivity index (χ2n) is 15.8. The number of hydrogen-bond donors (Lipinski definition) is 2. The van der Waals surface area contributed by atoms with Crippen LogP contribution in [0.5, 0.6) is 5.75 Å². The van der Waals surface area contributed by atoms with E-state index >= 15 is 0 Å². The molecule has 0 unspecified atom stereocenters. The fraction of sp³-hybridized carbons (Fsp3) is 0.375. The third-order valence-corrected chi connectivity index (χ3v) is 11.3. The number of ketones is 2. The number of carbonyl (C=O) groups excluding carboxylic acids is 5. The lowest BCUT2D eigenvalue weighted by atomic mass is 9.89. The van der Waals surface area contributed by atoms with Crippen LogP contribution >= 0.6 is 0 Å². The van der Waals surface area contributed by atoms with Crippen molar-refractivity contribution in [1.29, 1.82) is 0 Å². The number of piperidine rings is 1. The van der Waals surface area contributed by atoms with Crippen LogP contribution in [0.2, 0.25) is 0 Å². The minimum absolute atomic E-state index is 0.00812. The Morgan fingerprint density at radius 2 is 1.48 bits per heavy atom. The first-order valence-corrected chi connectivity index (χ1v) is 21.4. The van der Waals surface area contributed by atoms with Crippen LogP contribution in [-0.2, 0) is 32.3 Å². The highest BCUT2D eigenvalue weighted by atomic mass is 16.6. The predicted octanol–water partition coefficient (Wildman–Crippen LogP) is 7.55. The molecule has 14 heteroatoms. The summed E-state index contributed by atoms with van der Waals surface area (Å²) in [4.78, 5) is 77.9. The van der Waals surface area contributed by atoms with Crippen molar-refractivity contribution < 1.29 is 42.6 Å². The Kier molecular flexibility index (Phi) is 15.0. The number of para-hydroxylation sites is 2. The number of carbonyl (C=O) groups is 5. The number of likely N-dealkylation sites (tertiary alicyclic amines) is 2. The van der Waals surface area contributed by atoms with E-state index in [2.05, 4.69) is 10.3 Å². The van der Waals surface area contributed by atoms with Gasteiger partial charge in [-0.15, -0.1) is 0 Å². The van der Waals surface area contributed by atoms with E-state index in [-0.39, 0.29) is 31.9 Å². The summed E-state index contributed by atoms with van der Waals surface area (Å²) in [5.74, 6) is -1.81. The fourth-order valence-electron chi connectivity index (χ4n) is 7.95. The van der Waals surface area contributed by atoms with Gasteiger partial charge in [0.1, 0.15) is 36.6 Å². The number of unbranched alkanes of at least 4 members (excludes halogenated alkanes) is 1. The van der Waals surface area contributed by atoms with E-state index in [1.54, 1.807) is 53.4 Å². The Morgan fingerprint density at radius 3 is 2.18 bits per heavy atom. The smallest absolute Gasteiger partial charge is 0.410 e. The first-order chi connectivity index (χ1) is 30.2. The molecule has 0 spiro atoms. The molecule has 3 heterocycles. The molecular formula is C48H53N5O9. The molecule has 324 valence electrons. The summed E-state index contributed by atoms with van der Waals surface area (Å²) in [5.41, 5.74) is 8.91. The number of fused-ring (bicyclic) bond motifs is 1. The minimum Gasteiger partial charge on any atom is -0.489 e. The van der Waals surface area contributed by atoms with Crippen LogP contribution in [0.25, 0.3) is 11.1 Å². The van der Waals surface area contributed by atoms with Gasteiger partial charge in [-0.1, -0.05) is 91.3 Å².